The molecule has 0 spiro atoms. The second kappa shape index (κ2) is 14.8. The zero-order valence-electron chi connectivity index (χ0n) is 24.5. The minimum Gasteiger partial charge on any atom is -0.497 e. The van der Waals surface area contributed by atoms with Crippen LogP contribution in [0.4, 0.5) is 5.69 Å². The van der Waals surface area contributed by atoms with Crippen molar-refractivity contribution in [1.29, 1.82) is 0 Å². The monoisotopic (exact) mass is 597 g/mol. The second-order valence-corrected chi connectivity index (χ2v) is 13.0. The van der Waals surface area contributed by atoms with Gasteiger partial charge in [0.15, 0.2) is 0 Å². The van der Waals surface area contributed by atoms with Gasteiger partial charge < -0.3 is 25.2 Å². The third kappa shape index (κ3) is 8.86. The van der Waals surface area contributed by atoms with E-state index in [4.69, 9.17) is 9.47 Å². The van der Waals surface area contributed by atoms with Crippen molar-refractivity contribution in [2.75, 3.05) is 30.3 Å². The molecular formula is C32H43N3O6S. The van der Waals surface area contributed by atoms with E-state index in [1.54, 1.807) is 29.6 Å². The molecule has 1 amide bonds. The van der Waals surface area contributed by atoms with Gasteiger partial charge in [-0.05, 0) is 68.5 Å². The fourth-order valence-corrected chi connectivity index (χ4v) is 6.67. The standard InChI is InChI=1S/C32H43N3O6S/c1-23(2)41-29-19-26(18-27(20-29)35-14-7-8-15-42(35,38)39)32(37)34-30(17-24-10-5-4-6-11-24)31(36)22-33-21-25-12-9-13-28(16-25)40-3/h4-6,9-13,16,18-20,23,30-31,33,36,38-39H,7-8,14-15,17,21-22H2,1-3H3,(H,34,37). The maximum atomic E-state index is 13.7. The Morgan fingerprint density at radius 1 is 0.976 bits per heavy atom. The number of amides is 1. The Labute approximate surface area is 250 Å². The number of rotatable bonds is 13. The largest absolute Gasteiger partial charge is 0.497 e. The van der Waals surface area contributed by atoms with E-state index in [1.807, 2.05) is 68.4 Å². The van der Waals surface area contributed by atoms with E-state index in [9.17, 15) is 19.0 Å². The predicted octanol–water partition coefficient (Wildman–Crippen LogP) is 5.24. The molecule has 2 atom stereocenters. The van der Waals surface area contributed by atoms with E-state index in [0.717, 1.165) is 29.7 Å². The number of ether oxygens (including phenoxy) is 2. The summed E-state index contributed by atoms with van der Waals surface area (Å²) >= 11 is 0. The molecule has 1 aliphatic rings. The first-order chi connectivity index (χ1) is 20.1. The Kier molecular flexibility index (Phi) is 11.1. The first-order valence-corrected chi connectivity index (χ1v) is 16.0. The Bertz CT molecular complexity index is 1310. The lowest BCUT2D eigenvalue weighted by atomic mass is 10.00. The minimum absolute atomic E-state index is 0.138. The van der Waals surface area contributed by atoms with Crippen LogP contribution in [0.2, 0.25) is 0 Å². The highest BCUT2D eigenvalue weighted by Gasteiger charge is 2.29. The molecule has 10 heteroatoms. The number of aliphatic hydroxyl groups is 1. The van der Waals surface area contributed by atoms with Crippen LogP contribution in [0.5, 0.6) is 11.5 Å². The molecule has 4 rings (SSSR count). The van der Waals surface area contributed by atoms with Crippen LogP contribution in [0.25, 0.3) is 0 Å². The molecular weight excluding hydrogens is 554 g/mol. The Morgan fingerprint density at radius 3 is 2.45 bits per heavy atom. The summed E-state index contributed by atoms with van der Waals surface area (Å²) < 4.78 is 34.3. The quantitative estimate of drug-likeness (QED) is 0.181. The summed E-state index contributed by atoms with van der Waals surface area (Å²) in [7, 11) is -1.37. The first kappa shape index (κ1) is 31.7. The number of carbonyl (C=O) groups is 1. The molecule has 0 aliphatic carbocycles. The highest BCUT2D eigenvalue weighted by Crippen LogP contribution is 2.50. The van der Waals surface area contributed by atoms with Crippen molar-refractivity contribution in [3.8, 4) is 11.5 Å². The zero-order valence-corrected chi connectivity index (χ0v) is 25.3. The smallest absolute Gasteiger partial charge is 0.251 e. The summed E-state index contributed by atoms with van der Waals surface area (Å²) in [5.41, 5.74) is 2.84. The molecule has 5 N–H and O–H groups in total. The average molecular weight is 598 g/mol. The number of benzene rings is 3. The molecule has 1 heterocycles. The van der Waals surface area contributed by atoms with Crippen LogP contribution in [-0.2, 0) is 13.0 Å². The maximum absolute atomic E-state index is 13.7. The molecule has 1 fully saturated rings. The van der Waals surface area contributed by atoms with Gasteiger partial charge in [0.05, 0.1) is 36.8 Å². The SMILES string of the molecule is COc1cccc(CNCC(O)C(Cc2ccccc2)NC(=O)c2cc(OC(C)C)cc(N3CCCCS3(O)O)c2)c1. The normalized spacial score (nSPS) is 16.9. The minimum atomic E-state index is -2.99. The zero-order chi connectivity index (χ0) is 30.1. The van der Waals surface area contributed by atoms with Crippen LogP contribution in [0.15, 0.2) is 72.8 Å². The average Bonchev–Trinajstić information content (AvgIpc) is 2.96. The summed E-state index contributed by atoms with van der Waals surface area (Å²) in [6.45, 7) is 5.05. The lowest BCUT2D eigenvalue weighted by Crippen LogP contribution is -2.48. The number of methoxy groups -OCH3 is 1. The van der Waals surface area contributed by atoms with Gasteiger partial charge in [0, 0.05) is 31.3 Å². The van der Waals surface area contributed by atoms with Crippen molar-refractivity contribution in [2.45, 2.75) is 57.9 Å². The molecule has 0 aromatic heterocycles. The van der Waals surface area contributed by atoms with Crippen LogP contribution in [0, 0.1) is 0 Å². The van der Waals surface area contributed by atoms with Crippen LogP contribution < -0.4 is 24.4 Å². The van der Waals surface area contributed by atoms with Gasteiger partial charge in [-0.1, -0.05) is 42.5 Å². The molecule has 9 nitrogen and oxygen atoms in total. The van der Waals surface area contributed by atoms with E-state index < -0.39 is 22.9 Å². The van der Waals surface area contributed by atoms with Crippen molar-refractivity contribution in [3.63, 3.8) is 0 Å². The van der Waals surface area contributed by atoms with Crippen LogP contribution in [0.1, 0.15) is 48.2 Å². The van der Waals surface area contributed by atoms with E-state index >= 15 is 0 Å². The molecule has 0 saturated carbocycles. The number of carbonyl (C=O) groups excluding carboxylic acids is 1. The van der Waals surface area contributed by atoms with Crippen molar-refractivity contribution in [1.82, 2.24) is 10.6 Å². The fourth-order valence-electron chi connectivity index (χ4n) is 5.00. The van der Waals surface area contributed by atoms with Gasteiger partial charge in [-0.3, -0.25) is 18.2 Å². The van der Waals surface area contributed by atoms with Crippen molar-refractivity contribution >= 4 is 22.4 Å². The lowest BCUT2D eigenvalue weighted by Gasteiger charge is -2.47. The molecule has 3 aromatic carbocycles. The molecule has 3 aromatic rings. The number of nitrogens with zero attached hydrogens (tertiary/aromatic N) is 1. The molecule has 2 unspecified atom stereocenters. The van der Waals surface area contributed by atoms with Crippen molar-refractivity contribution < 1.29 is 28.5 Å². The lowest BCUT2D eigenvalue weighted by molar-refractivity contribution is 0.0829. The van der Waals surface area contributed by atoms with Gasteiger partial charge in [-0.15, -0.1) is 10.8 Å². The van der Waals surface area contributed by atoms with Gasteiger partial charge in [0.1, 0.15) is 11.5 Å². The molecule has 1 aliphatic heterocycles. The summed E-state index contributed by atoms with van der Waals surface area (Å²) in [5, 5.41) is 17.6. The Balaban J connectivity index is 1.54. The van der Waals surface area contributed by atoms with Crippen LogP contribution >= 0.6 is 10.8 Å². The van der Waals surface area contributed by atoms with E-state index in [-0.39, 0.29) is 24.3 Å². The molecule has 42 heavy (non-hydrogen) atoms. The van der Waals surface area contributed by atoms with Gasteiger partial charge in [-0.2, -0.15) is 0 Å². The van der Waals surface area contributed by atoms with Gasteiger partial charge in [-0.25, -0.2) is 0 Å². The van der Waals surface area contributed by atoms with Gasteiger partial charge in [0.2, 0.25) is 0 Å². The van der Waals surface area contributed by atoms with Crippen molar-refractivity contribution in [3.05, 3.63) is 89.5 Å². The predicted molar refractivity (Wildman–Crippen MR) is 169 cm³/mol. The number of aliphatic hydroxyl groups excluding tert-OH is 1. The first-order valence-electron chi connectivity index (χ1n) is 14.4. The highest BCUT2D eigenvalue weighted by molar-refractivity contribution is 8.25. The topological polar surface area (TPSA) is 124 Å². The summed E-state index contributed by atoms with van der Waals surface area (Å²) in [5.74, 6) is 1.14. The number of nitrogens with one attached hydrogen (secondary N) is 2. The van der Waals surface area contributed by atoms with Gasteiger partial charge in [0.25, 0.3) is 5.91 Å². The Hall–Kier alpha value is -3.28. The van der Waals surface area contributed by atoms with Gasteiger partial charge >= 0.3 is 0 Å². The summed E-state index contributed by atoms with van der Waals surface area (Å²) in [4.78, 5) is 13.7. The fraction of sp³-hybridized carbons (Fsp3) is 0.406. The Morgan fingerprint density at radius 2 is 1.74 bits per heavy atom. The third-order valence-corrected chi connectivity index (χ3v) is 9.03. The third-order valence-electron chi connectivity index (χ3n) is 7.09. The molecule has 0 radical (unpaired) electrons. The van der Waals surface area contributed by atoms with Crippen LogP contribution in [-0.4, -0.2) is 64.3 Å². The van der Waals surface area contributed by atoms with E-state index in [1.165, 1.54) is 0 Å². The molecule has 1 saturated heterocycles. The van der Waals surface area contributed by atoms with Crippen LogP contribution in [0.3, 0.4) is 0 Å². The molecule has 0 bridgehead atoms. The van der Waals surface area contributed by atoms with Crippen molar-refractivity contribution in [2.24, 2.45) is 0 Å². The van der Waals surface area contributed by atoms with E-state index in [0.29, 0.717) is 36.5 Å². The van der Waals surface area contributed by atoms with E-state index in [2.05, 4.69) is 10.6 Å². The molecule has 228 valence electrons. The number of anilines is 1. The number of hydrogen-bond donors (Lipinski definition) is 5. The second-order valence-electron chi connectivity index (χ2n) is 10.8. The maximum Gasteiger partial charge on any atom is 0.251 e. The number of hydrogen-bond acceptors (Lipinski definition) is 8. The highest BCUT2D eigenvalue weighted by atomic mass is 32.3. The summed E-state index contributed by atoms with van der Waals surface area (Å²) in [6, 6.07) is 21.9. The summed E-state index contributed by atoms with van der Waals surface area (Å²) in [6.07, 6.45) is 0.959.